The highest BCUT2D eigenvalue weighted by molar-refractivity contribution is 8.00. The van der Waals surface area contributed by atoms with Crippen molar-refractivity contribution in [3.63, 3.8) is 0 Å². The fourth-order valence-electron chi connectivity index (χ4n) is 3.75. The molecule has 0 radical (unpaired) electrons. The van der Waals surface area contributed by atoms with E-state index in [1.807, 2.05) is 47.4 Å². The van der Waals surface area contributed by atoms with Crippen LogP contribution in [0.1, 0.15) is 15.9 Å². The zero-order valence-corrected chi connectivity index (χ0v) is 18.9. The van der Waals surface area contributed by atoms with Gasteiger partial charge in [0.25, 0.3) is 5.91 Å². The number of nitriles is 1. The van der Waals surface area contributed by atoms with Gasteiger partial charge in [-0.15, -0.1) is 11.8 Å². The number of carbonyl (C=O) groups is 2. The molecule has 3 aromatic rings. The van der Waals surface area contributed by atoms with Gasteiger partial charge in [-0.3, -0.25) is 9.59 Å². The Morgan fingerprint density at radius 1 is 0.909 bits per heavy atom. The highest BCUT2D eigenvalue weighted by Gasteiger charge is 2.24. The summed E-state index contributed by atoms with van der Waals surface area (Å²) in [6, 6.07) is 26.5. The van der Waals surface area contributed by atoms with E-state index in [1.54, 1.807) is 24.3 Å². The molecule has 1 N–H and O–H groups in total. The first-order valence-corrected chi connectivity index (χ1v) is 11.7. The van der Waals surface area contributed by atoms with Gasteiger partial charge >= 0.3 is 0 Å². The number of para-hydroxylation sites is 1. The van der Waals surface area contributed by atoms with Crippen molar-refractivity contribution in [2.45, 2.75) is 4.90 Å². The molecule has 2 amide bonds. The molecule has 1 saturated heterocycles. The van der Waals surface area contributed by atoms with Gasteiger partial charge in [-0.2, -0.15) is 5.26 Å². The summed E-state index contributed by atoms with van der Waals surface area (Å²) in [6.45, 7) is 2.88. The standard InChI is InChI=1S/C26H24N4O2S/c27-18-20-7-6-8-21(17-20)28-25(31)19-33-24-12-5-4-11-23(24)26(32)30-15-13-29(14-16-30)22-9-2-1-3-10-22/h1-12,17H,13-16,19H2,(H,28,31). The molecule has 3 aromatic carbocycles. The predicted octanol–water partition coefficient (Wildman–Crippen LogP) is 4.25. The Bertz CT molecular complexity index is 1170. The van der Waals surface area contributed by atoms with Crippen LogP contribution < -0.4 is 10.2 Å². The molecule has 0 unspecified atom stereocenters. The number of nitrogens with zero attached hydrogens (tertiary/aromatic N) is 3. The van der Waals surface area contributed by atoms with E-state index in [9.17, 15) is 9.59 Å². The van der Waals surface area contributed by atoms with Crippen LogP contribution in [0.5, 0.6) is 0 Å². The third-order valence-corrected chi connectivity index (χ3v) is 6.51. The third-order valence-electron chi connectivity index (χ3n) is 5.44. The van der Waals surface area contributed by atoms with Crippen LogP contribution in [0.25, 0.3) is 0 Å². The zero-order chi connectivity index (χ0) is 23.0. The number of carbonyl (C=O) groups excluding carboxylic acids is 2. The van der Waals surface area contributed by atoms with Gasteiger partial charge < -0.3 is 15.1 Å². The van der Waals surface area contributed by atoms with Crippen molar-refractivity contribution in [1.29, 1.82) is 5.26 Å². The van der Waals surface area contributed by atoms with E-state index in [0.717, 1.165) is 18.0 Å². The topological polar surface area (TPSA) is 76.4 Å². The van der Waals surface area contributed by atoms with Crippen molar-refractivity contribution >= 4 is 35.0 Å². The van der Waals surface area contributed by atoms with E-state index in [-0.39, 0.29) is 17.6 Å². The van der Waals surface area contributed by atoms with Crippen molar-refractivity contribution in [2.75, 3.05) is 42.1 Å². The van der Waals surface area contributed by atoms with Gasteiger partial charge in [0.1, 0.15) is 0 Å². The number of anilines is 2. The molecule has 0 bridgehead atoms. The molecule has 33 heavy (non-hydrogen) atoms. The maximum absolute atomic E-state index is 13.2. The molecule has 0 saturated carbocycles. The lowest BCUT2D eigenvalue weighted by molar-refractivity contribution is -0.113. The lowest BCUT2D eigenvalue weighted by atomic mass is 10.1. The first kappa shape index (κ1) is 22.4. The molecule has 0 atom stereocenters. The Kier molecular flexibility index (Phi) is 7.28. The van der Waals surface area contributed by atoms with Crippen LogP contribution in [-0.2, 0) is 4.79 Å². The number of hydrogen-bond donors (Lipinski definition) is 1. The summed E-state index contributed by atoms with van der Waals surface area (Å²) in [7, 11) is 0. The normalized spacial score (nSPS) is 13.3. The molecular formula is C26H24N4O2S. The van der Waals surface area contributed by atoms with Gasteiger partial charge in [0, 0.05) is 42.4 Å². The number of amides is 2. The quantitative estimate of drug-likeness (QED) is 0.561. The van der Waals surface area contributed by atoms with Crippen LogP contribution in [0.3, 0.4) is 0 Å². The predicted molar refractivity (Wildman–Crippen MR) is 132 cm³/mol. The maximum Gasteiger partial charge on any atom is 0.255 e. The zero-order valence-electron chi connectivity index (χ0n) is 18.1. The smallest absolute Gasteiger partial charge is 0.255 e. The van der Waals surface area contributed by atoms with E-state index in [0.29, 0.717) is 29.9 Å². The van der Waals surface area contributed by atoms with Crippen LogP contribution in [0, 0.1) is 11.3 Å². The van der Waals surface area contributed by atoms with Crippen molar-refractivity contribution in [2.24, 2.45) is 0 Å². The highest BCUT2D eigenvalue weighted by Crippen LogP contribution is 2.25. The van der Waals surface area contributed by atoms with Crippen molar-refractivity contribution in [3.05, 3.63) is 90.0 Å². The first-order valence-electron chi connectivity index (χ1n) is 10.7. The largest absolute Gasteiger partial charge is 0.368 e. The van der Waals surface area contributed by atoms with Crippen LogP contribution in [0.4, 0.5) is 11.4 Å². The molecule has 1 aliphatic heterocycles. The number of piperazine rings is 1. The average Bonchev–Trinajstić information content (AvgIpc) is 2.88. The lowest BCUT2D eigenvalue weighted by Gasteiger charge is -2.36. The summed E-state index contributed by atoms with van der Waals surface area (Å²) in [5.74, 6) is -0.0233. The summed E-state index contributed by atoms with van der Waals surface area (Å²) in [6.07, 6.45) is 0. The fraction of sp³-hybridized carbons (Fsp3) is 0.192. The maximum atomic E-state index is 13.2. The molecular weight excluding hydrogens is 432 g/mol. The second kappa shape index (κ2) is 10.7. The van der Waals surface area contributed by atoms with Crippen LogP contribution in [-0.4, -0.2) is 48.6 Å². The number of nitrogens with one attached hydrogen (secondary N) is 1. The average molecular weight is 457 g/mol. The first-order chi connectivity index (χ1) is 16.1. The summed E-state index contributed by atoms with van der Waals surface area (Å²) in [4.78, 5) is 30.6. The second-order valence-electron chi connectivity index (χ2n) is 7.64. The van der Waals surface area contributed by atoms with Gasteiger partial charge in [-0.1, -0.05) is 36.4 Å². The van der Waals surface area contributed by atoms with Gasteiger partial charge in [-0.05, 0) is 42.5 Å². The van der Waals surface area contributed by atoms with E-state index >= 15 is 0 Å². The Balaban J connectivity index is 1.35. The number of benzene rings is 3. The summed E-state index contributed by atoms with van der Waals surface area (Å²) >= 11 is 1.34. The molecule has 7 heteroatoms. The Morgan fingerprint density at radius 3 is 2.39 bits per heavy atom. The number of rotatable bonds is 6. The molecule has 166 valence electrons. The summed E-state index contributed by atoms with van der Waals surface area (Å²) in [5.41, 5.74) is 2.87. The Morgan fingerprint density at radius 2 is 1.64 bits per heavy atom. The van der Waals surface area contributed by atoms with Crippen molar-refractivity contribution in [1.82, 2.24) is 4.90 Å². The molecule has 1 fully saturated rings. The third kappa shape index (κ3) is 5.73. The number of thioether (sulfide) groups is 1. The minimum Gasteiger partial charge on any atom is -0.368 e. The lowest BCUT2D eigenvalue weighted by Crippen LogP contribution is -2.48. The molecule has 6 nitrogen and oxygen atoms in total. The number of hydrogen-bond acceptors (Lipinski definition) is 5. The van der Waals surface area contributed by atoms with Gasteiger partial charge in [0.15, 0.2) is 0 Å². The van der Waals surface area contributed by atoms with Crippen LogP contribution in [0.2, 0.25) is 0 Å². The molecule has 4 rings (SSSR count). The molecule has 0 aliphatic carbocycles. The van der Waals surface area contributed by atoms with Crippen LogP contribution >= 0.6 is 11.8 Å². The van der Waals surface area contributed by atoms with E-state index < -0.39 is 0 Å². The van der Waals surface area contributed by atoms with Crippen molar-refractivity contribution in [3.8, 4) is 6.07 Å². The van der Waals surface area contributed by atoms with Gasteiger partial charge in [-0.25, -0.2) is 0 Å². The van der Waals surface area contributed by atoms with Gasteiger partial charge in [0.2, 0.25) is 5.91 Å². The second-order valence-corrected chi connectivity index (χ2v) is 8.66. The van der Waals surface area contributed by atoms with E-state index in [2.05, 4.69) is 28.4 Å². The Labute approximate surface area is 197 Å². The van der Waals surface area contributed by atoms with Gasteiger partial charge in [0.05, 0.1) is 22.9 Å². The summed E-state index contributed by atoms with van der Waals surface area (Å²) in [5, 5.41) is 11.8. The summed E-state index contributed by atoms with van der Waals surface area (Å²) < 4.78 is 0. The SMILES string of the molecule is N#Cc1cccc(NC(=O)CSc2ccccc2C(=O)N2CCN(c3ccccc3)CC2)c1. The Hall–Kier alpha value is -3.76. The minimum atomic E-state index is -0.186. The van der Waals surface area contributed by atoms with Crippen LogP contribution in [0.15, 0.2) is 83.8 Å². The minimum absolute atomic E-state index is 0.00654. The van der Waals surface area contributed by atoms with E-state index in [1.165, 1.54) is 17.4 Å². The monoisotopic (exact) mass is 456 g/mol. The highest BCUT2D eigenvalue weighted by atomic mass is 32.2. The molecule has 0 spiro atoms. The molecule has 0 aromatic heterocycles. The van der Waals surface area contributed by atoms with E-state index in [4.69, 9.17) is 5.26 Å². The van der Waals surface area contributed by atoms with Crippen molar-refractivity contribution < 1.29 is 9.59 Å². The molecule has 1 aliphatic rings. The fourth-order valence-corrected chi connectivity index (χ4v) is 4.60. The molecule has 1 heterocycles.